The van der Waals surface area contributed by atoms with E-state index in [9.17, 15) is 28.1 Å². The number of nitro groups is 1. The minimum Gasteiger partial charge on any atom is -0.449 e. The summed E-state index contributed by atoms with van der Waals surface area (Å²) in [4.78, 5) is 33.6. The van der Waals surface area contributed by atoms with Crippen molar-refractivity contribution >= 4 is 27.4 Å². The fourth-order valence-electron chi connectivity index (χ4n) is 1.85. The Balaban J connectivity index is 3.05. The van der Waals surface area contributed by atoms with Crippen molar-refractivity contribution in [1.29, 1.82) is 0 Å². The Hall–Kier alpha value is -2.49. The van der Waals surface area contributed by atoms with Gasteiger partial charge in [-0.15, -0.1) is 0 Å². The van der Waals surface area contributed by atoms with Crippen LogP contribution in [0.3, 0.4) is 0 Å². The number of ether oxygens (including phenoxy) is 1. The maximum Gasteiger partial charge on any atom is 0.339 e. The lowest BCUT2D eigenvalue weighted by Gasteiger charge is -2.23. The van der Waals surface area contributed by atoms with Gasteiger partial charge >= 0.3 is 5.97 Å². The summed E-state index contributed by atoms with van der Waals surface area (Å²) in [6, 6.07) is 2.87. The van der Waals surface area contributed by atoms with Crippen molar-refractivity contribution in [2.45, 2.75) is 44.2 Å². The van der Waals surface area contributed by atoms with E-state index in [4.69, 9.17) is 4.74 Å². The molecule has 1 rings (SSSR count). The number of nitrogens with zero attached hydrogens (tertiary/aromatic N) is 1. The molecule has 0 saturated carbocycles. The molecule has 10 heteroatoms. The number of hydrogen-bond acceptors (Lipinski definition) is 7. The van der Waals surface area contributed by atoms with Crippen LogP contribution in [0, 0.1) is 10.1 Å². The number of sulfone groups is 1. The Bertz CT molecular complexity index is 810. The van der Waals surface area contributed by atoms with Crippen LogP contribution in [0.25, 0.3) is 0 Å². The van der Waals surface area contributed by atoms with Gasteiger partial charge in [0.2, 0.25) is 0 Å². The van der Waals surface area contributed by atoms with Gasteiger partial charge in [-0.2, -0.15) is 0 Å². The molecule has 0 fully saturated rings. The molecule has 1 amide bonds. The van der Waals surface area contributed by atoms with E-state index >= 15 is 0 Å². The van der Waals surface area contributed by atoms with Gasteiger partial charge in [0.05, 0.1) is 10.5 Å². The Morgan fingerprint density at radius 1 is 1.28 bits per heavy atom. The van der Waals surface area contributed by atoms with Crippen LogP contribution in [-0.2, 0) is 19.4 Å². The molecule has 1 atom stereocenters. The van der Waals surface area contributed by atoms with Crippen molar-refractivity contribution in [3.63, 3.8) is 0 Å². The van der Waals surface area contributed by atoms with E-state index in [2.05, 4.69) is 5.32 Å². The molecule has 25 heavy (non-hydrogen) atoms. The number of amides is 1. The maximum absolute atomic E-state index is 12.1. The number of esters is 1. The molecule has 1 aromatic rings. The molecule has 0 radical (unpaired) electrons. The fourth-order valence-corrected chi connectivity index (χ4v) is 2.68. The number of nitrogens with one attached hydrogen (secondary N) is 1. The summed E-state index contributed by atoms with van der Waals surface area (Å²) >= 11 is 0. The highest BCUT2D eigenvalue weighted by atomic mass is 32.2. The Kier molecular flexibility index (Phi) is 5.90. The van der Waals surface area contributed by atoms with E-state index in [0.717, 1.165) is 24.5 Å². The number of carbonyl (C=O) groups is 2. The van der Waals surface area contributed by atoms with E-state index < -0.39 is 48.9 Å². The first kappa shape index (κ1) is 20.6. The van der Waals surface area contributed by atoms with Crippen molar-refractivity contribution in [1.82, 2.24) is 5.32 Å². The normalized spacial score (nSPS) is 13.0. The standard InChI is InChI=1S/C15H20N2O7S/c1-9(13(18)16-15(2,3)4)24-14(19)10-6-7-12(25(5,22)23)11(8-10)17(20)21/h6-9H,1-5H3,(H,16,18)/t9-/m0/s1. The first-order valence-electron chi connectivity index (χ1n) is 7.24. The maximum atomic E-state index is 12.1. The topological polar surface area (TPSA) is 133 Å². The zero-order chi connectivity index (χ0) is 19.6. The molecule has 1 aromatic carbocycles. The molecule has 0 aliphatic heterocycles. The molecular weight excluding hydrogens is 352 g/mol. The molecule has 0 bridgehead atoms. The molecule has 138 valence electrons. The second-order valence-corrected chi connectivity index (χ2v) is 8.48. The molecule has 0 aliphatic rings. The first-order chi connectivity index (χ1) is 11.2. The van der Waals surface area contributed by atoms with Crippen LogP contribution in [0.2, 0.25) is 0 Å². The highest BCUT2D eigenvalue weighted by Gasteiger charge is 2.27. The van der Waals surface area contributed by atoms with E-state index in [-0.39, 0.29) is 5.56 Å². The first-order valence-corrected chi connectivity index (χ1v) is 9.13. The monoisotopic (exact) mass is 372 g/mol. The van der Waals surface area contributed by atoms with Crippen LogP contribution < -0.4 is 5.32 Å². The van der Waals surface area contributed by atoms with Crippen LogP contribution in [0.4, 0.5) is 5.69 Å². The summed E-state index contributed by atoms with van der Waals surface area (Å²) in [5.41, 5.74) is -1.48. The van der Waals surface area contributed by atoms with Crippen LogP contribution >= 0.6 is 0 Å². The third kappa shape index (κ3) is 5.82. The Morgan fingerprint density at radius 3 is 2.28 bits per heavy atom. The third-order valence-electron chi connectivity index (χ3n) is 2.94. The Morgan fingerprint density at radius 2 is 1.84 bits per heavy atom. The lowest BCUT2D eigenvalue weighted by molar-refractivity contribution is -0.387. The van der Waals surface area contributed by atoms with Gasteiger partial charge in [0, 0.05) is 17.9 Å². The highest BCUT2D eigenvalue weighted by Crippen LogP contribution is 2.25. The number of nitro benzene ring substituents is 1. The zero-order valence-corrected chi connectivity index (χ0v) is 15.3. The number of hydrogen-bond donors (Lipinski definition) is 1. The predicted molar refractivity (Wildman–Crippen MR) is 89.0 cm³/mol. The van der Waals surface area contributed by atoms with Crippen LogP contribution in [0.5, 0.6) is 0 Å². The average molecular weight is 372 g/mol. The van der Waals surface area contributed by atoms with Crippen molar-refractivity contribution < 1.29 is 27.7 Å². The second kappa shape index (κ2) is 7.18. The lowest BCUT2D eigenvalue weighted by atomic mass is 10.1. The van der Waals surface area contributed by atoms with Gasteiger partial charge < -0.3 is 10.1 Å². The lowest BCUT2D eigenvalue weighted by Crippen LogP contribution is -2.46. The number of carbonyl (C=O) groups excluding carboxylic acids is 2. The van der Waals surface area contributed by atoms with Crippen molar-refractivity contribution in [2.75, 3.05) is 6.26 Å². The SMILES string of the molecule is C[C@H](OC(=O)c1ccc(S(C)(=O)=O)c([N+](=O)[O-])c1)C(=O)NC(C)(C)C. The minimum absolute atomic E-state index is 0.227. The third-order valence-corrected chi connectivity index (χ3v) is 4.09. The summed E-state index contributed by atoms with van der Waals surface area (Å²) in [6.45, 7) is 6.63. The summed E-state index contributed by atoms with van der Waals surface area (Å²) in [5.74, 6) is -1.50. The fraction of sp³-hybridized carbons (Fsp3) is 0.467. The summed E-state index contributed by atoms with van der Waals surface area (Å²) < 4.78 is 28.1. The van der Waals surface area contributed by atoms with Crippen LogP contribution in [0.1, 0.15) is 38.1 Å². The predicted octanol–water partition coefficient (Wildman–Crippen LogP) is 1.46. The van der Waals surface area contributed by atoms with E-state index in [0.29, 0.717) is 0 Å². The highest BCUT2D eigenvalue weighted by molar-refractivity contribution is 7.90. The van der Waals surface area contributed by atoms with Crippen molar-refractivity contribution in [2.24, 2.45) is 0 Å². The van der Waals surface area contributed by atoms with E-state index in [1.807, 2.05) is 0 Å². The molecule has 0 heterocycles. The van der Waals surface area contributed by atoms with Gasteiger partial charge in [-0.05, 0) is 39.8 Å². The summed E-state index contributed by atoms with van der Waals surface area (Å²) in [6.07, 6.45) is -0.299. The molecule has 0 aromatic heterocycles. The van der Waals surface area contributed by atoms with Gasteiger partial charge in [-0.1, -0.05) is 0 Å². The number of benzene rings is 1. The van der Waals surface area contributed by atoms with Crippen LogP contribution in [0.15, 0.2) is 23.1 Å². The number of rotatable bonds is 5. The molecule has 0 spiro atoms. The molecule has 0 saturated heterocycles. The van der Waals surface area contributed by atoms with Gasteiger partial charge in [0.15, 0.2) is 15.9 Å². The van der Waals surface area contributed by atoms with Gasteiger partial charge in [0.25, 0.3) is 11.6 Å². The zero-order valence-electron chi connectivity index (χ0n) is 14.5. The molecule has 0 aliphatic carbocycles. The molecular formula is C15H20N2O7S. The summed E-state index contributed by atoms with van der Waals surface area (Å²) in [7, 11) is -3.84. The quantitative estimate of drug-likeness (QED) is 0.470. The summed E-state index contributed by atoms with van der Waals surface area (Å²) in [5, 5.41) is 13.7. The molecule has 1 N–H and O–H groups in total. The second-order valence-electron chi connectivity index (χ2n) is 6.50. The molecule has 0 unspecified atom stereocenters. The smallest absolute Gasteiger partial charge is 0.339 e. The Labute approximate surface area is 145 Å². The largest absolute Gasteiger partial charge is 0.449 e. The minimum atomic E-state index is -3.84. The average Bonchev–Trinajstić information content (AvgIpc) is 2.43. The van der Waals surface area contributed by atoms with Crippen molar-refractivity contribution in [3.8, 4) is 0 Å². The van der Waals surface area contributed by atoms with Gasteiger partial charge in [-0.25, -0.2) is 13.2 Å². The van der Waals surface area contributed by atoms with Crippen LogP contribution in [-0.4, -0.2) is 43.1 Å². The van der Waals surface area contributed by atoms with Gasteiger partial charge in [-0.3, -0.25) is 14.9 Å². The van der Waals surface area contributed by atoms with E-state index in [1.54, 1.807) is 20.8 Å². The molecule has 9 nitrogen and oxygen atoms in total. The van der Waals surface area contributed by atoms with E-state index in [1.165, 1.54) is 6.92 Å². The van der Waals surface area contributed by atoms with Gasteiger partial charge in [0.1, 0.15) is 4.90 Å². The van der Waals surface area contributed by atoms with Crippen molar-refractivity contribution in [3.05, 3.63) is 33.9 Å².